The van der Waals surface area contributed by atoms with E-state index in [0.29, 0.717) is 10.0 Å². The zero-order valence-corrected chi connectivity index (χ0v) is 10.1. The summed E-state index contributed by atoms with van der Waals surface area (Å²) in [6, 6.07) is 5.25. The van der Waals surface area contributed by atoms with Gasteiger partial charge in [0, 0.05) is 4.47 Å². The summed E-state index contributed by atoms with van der Waals surface area (Å²) in [5, 5.41) is 8.31. The third-order valence-electron chi connectivity index (χ3n) is 1.73. The molecule has 0 bridgehead atoms. The largest absolute Gasteiger partial charge is 0.479 e. The highest BCUT2D eigenvalue weighted by Crippen LogP contribution is 2.17. The quantitative estimate of drug-likeness (QED) is 0.823. The van der Waals surface area contributed by atoms with Crippen molar-refractivity contribution in [2.24, 2.45) is 0 Å². The van der Waals surface area contributed by atoms with Crippen molar-refractivity contribution in [2.45, 2.75) is 6.92 Å². The molecule has 0 unspecified atom stereocenters. The molecule has 0 saturated carbocycles. The van der Waals surface area contributed by atoms with Crippen molar-refractivity contribution in [3.63, 3.8) is 0 Å². The first-order chi connectivity index (χ1) is 7.50. The minimum atomic E-state index is -1.15. The van der Waals surface area contributed by atoms with E-state index in [1.165, 1.54) is 0 Å². The van der Waals surface area contributed by atoms with Crippen LogP contribution in [0.5, 0.6) is 0 Å². The Morgan fingerprint density at radius 3 is 2.81 bits per heavy atom. The fourth-order valence-corrected chi connectivity index (χ4v) is 1.46. The zero-order valence-electron chi connectivity index (χ0n) is 8.49. The van der Waals surface area contributed by atoms with Crippen molar-refractivity contribution in [1.82, 2.24) is 5.48 Å². The van der Waals surface area contributed by atoms with Crippen LogP contribution in [0.1, 0.15) is 15.9 Å². The van der Waals surface area contributed by atoms with E-state index in [2.05, 4.69) is 20.8 Å². The highest BCUT2D eigenvalue weighted by molar-refractivity contribution is 9.10. The molecule has 0 aliphatic heterocycles. The van der Waals surface area contributed by atoms with Crippen LogP contribution >= 0.6 is 15.9 Å². The summed E-state index contributed by atoms with van der Waals surface area (Å²) in [7, 11) is 0. The van der Waals surface area contributed by atoms with Gasteiger partial charge in [0.15, 0.2) is 6.61 Å². The summed E-state index contributed by atoms with van der Waals surface area (Å²) in [4.78, 5) is 26.2. The molecule has 2 N–H and O–H groups in total. The number of carboxylic acid groups (broad SMARTS) is 1. The van der Waals surface area contributed by atoms with Gasteiger partial charge >= 0.3 is 5.97 Å². The number of rotatable bonds is 4. The molecule has 5 nitrogen and oxygen atoms in total. The number of carbonyl (C=O) groups is 2. The SMILES string of the molecule is Cc1ccc(Br)c(C(=O)NOCC(=O)O)c1. The van der Waals surface area contributed by atoms with Crippen molar-refractivity contribution < 1.29 is 19.5 Å². The molecule has 1 amide bonds. The number of aryl methyl sites for hydroxylation is 1. The molecule has 86 valence electrons. The molecule has 0 fully saturated rings. The number of nitrogens with one attached hydrogen (secondary N) is 1. The lowest BCUT2D eigenvalue weighted by molar-refractivity contribution is -0.144. The Bertz CT molecular complexity index is 419. The first-order valence-corrected chi connectivity index (χ1v) is 5.20. The van der Waals surface area contributed by atoms with Gasteiger partial charge in [-0.15, -0.1) is 0 Å². The molecule has 1 aromatic rings. The second-order valence-electron chi connectivity index (χ2n) is 3.10. The Kier molecular flexibility index (Phi) is 4.45. The Hall–Kier alpha value is -1.40. The van der Waals surface area contributed by atoms with Crippen LogP contribution in [0.4, 0.5) is 0 Å². The van der Waals surface area contributed by atoms with Crippen LogP contribution in [0.25, 0.3) is 0 Å². The molecule has 1 aromatic carbocycles. The van der Waals surface area contributed by atoms with Crippen LogP contribution in [0, 0.1) is 6.92 Å². The first kappa shape index (κ1) is 12.7. The summed E-state index contributed by atoms with van der Waals surface area (Å²) in [6.07, 6.45) is 0. The van der Waals surface area contributed by atoms with Crippen LogP contribution in [-0.4, -0.2) is 23.6 Å². The molecule has 0 heterocycles. The van der Waals surface area contributed by atoms with Crippen molar-refractivity contribution in [3.05, 3.63) is 33.8 Å². The maximum atomic E-state index is 11.5. The maximum Gasteiger partial charge on any atom is 0.332 e. The summed E-state index contributed by atoms with van der Waals surface area (Å²) in [5.74, 6) is -1.64. The van der Waals surface area contributed by atoms with E-state index in [9.17, 15) is 9.59 Å². The number of hydrogen-bond acceptors (Lipinski definition) is 3. The maximum absolute atomic E-state index is 11.5. The van der Waals surface area contributed by atoms with E-state index in [1.807, 2.05) is 18.5 Å². The number of amides is 1. The average molecular weight is 288 g/mol. The molecule has 0 radical (unpaired) electrons. The van der Waals surface area contributed by atoms with Crippen LogP contribution in [0.3, 0.4) is 0 Å². The lowest BCUT2D eigenvalue weighted by Gasteiger charge is -2.06. The Balaban J connectivity index is 2.65. The molecule has 0 aliphatic carbocycles. The molecule has 0 atom stereocenters. The summed E-state index contributed by atoms with van der Waals surface area (Å²) < 4.78 is 0.620. The molecule has 0 spiro atoms. The molecule has 6 heteroatoms. The Morgan fingerprint density at radius 1 is 1.50 bits per heavy atom. The molecule has 0 aliphatic rings. The van der Waals surface area contributed by atoms with Crippen LogP contribution in [0.15, 0.2) is 22.7 Å². The minimum Gasteiger partial charge on any atom is -0.479 e. The van der Waals surface area contributed by atoms with Crippen LogP contribution in [-0.2, 0) is 9.63 Å². The summed E-state index contributed by atoms with van der Waals surface area (Å²) in [5.41, 5.74) is 3.37. The predicted octanol–water partition coefficient (Wildman–Crippen LogP) is 1.50. The number of benzene rings is 1. The van der Waals surface area contributed by atoms with E-state index in [0.717, 1.165) is 5.56 Å². The standard InChI is InChI=1S/C10H10BrNO4/c1-6-2-3-8(11)7(4-6)10(15)12-16-5-9(13)14/h2-4H,5H2,1H3,(H,12,15)(H,13,14). The van der Waals surface area contributed by atoms with Gasteiger partial charge in [-0.3, -0.25) is 9.63 Å². The molecule has 0 saturated heterocycles. The van der Waals surface area contributed by atoms with Crippen molar-refractivity contribution in [3.8, 4) is 0 Å². The monoisotopic (exact) mass is 287 g/mol. The third kappa shape index (κ3) is 3.63. The van der Waals surface area contributed by atoms with Crippen LogP contribution < -0.4 is 5.48 Å². The number of hydrogen-bond donors (Lipinski definition) is 2. The van der Waals surface area contributed by atoms with Gasteiger partial charge in [0.25, 0.3) is 5.91 Å². The van der Waals surface area contributed by atoms with Gasteiger partial charge in [0.05, 0.1) is 5.56 Å². The van der Waals surface area contributed by atoms with E-state index in [4.69, 9.17) is 5.11 Å². The van der Waals surface area contributed by atoms with Crippen LogP contribution in [0.2, 0.25) is 0 Å². The Labute approximate surface area is 100 Å². The van der Waals surface area contributed by atoms with Gasteiger partial charge < -0.3 is 5.11 Å². The highest BCUT2D eigenvalue weighted by atomic mass is 79.9. The van der Waals surface area contributed by atoms with Crippen molar-refractivity contribution in [2.75, 3.05) is 6.61 Å². The second-order valence-corrected chi connectivity index (χ2v) is 3.95. The molecule has 1 rings (SSSR count). The number of carboxylic acids is 1. The average Bonchev–Trinajstić information content (AvgIpc) is 2.21. The smallest absolute Gasteiger partial charge is 0.332 e. The predicted molar refractivity (Wildman–Crippen MR) is 59.9 cm³/mol. The lowest BCUT2D eigenvalue weighted by atomic mass is 10.1. The second kappa shape index (κ2) is 5.62. The zero-order chi connectivity index (χ0) is 12.1. The van der Waals surface area contributed by atoms with Gasteiger partial charge in [-0.25, -0.2) is 10.3 Å². The minimum absolute atomic E-state index is 0.394. The van der Waals surface area contributed by atoms with Gasteiger partial charge in [-0.1, -0.05) is 11.6 Å². The fraction of sp³-hybridized carbons (Fsp3) is 0.200. The summed E-state index contributed by atoms with van der Waals surface area (Å²) in [6.45, 7) is 1.27. The Morgan fingerprint density at radius 2 is 2.19 bits per heavy atom. The van der Waals surface area contributed by atoms with Gasteiger partial charge in [-0.05, 0) is 35.0 Å². The molecular formula is C10H10BrNO4. The topological polar surface area (TPSA) is 75.6 Å². The number of aliphatic carboxylic acids is 1. The van der Waals surface area contributed by atoms with Crippen molar-refractivity contribution >= 4 is 27.8 Å². The molecular weight excluding hydrogens is 278 g/mol. The molecule has 0 aromatic heterocycles. The van der Waals surface area contributed by atoms with E-state index >= 15 is 0 Å². The normalized spacial score (nSPS) is 9.88. The van der Waals surface area contributed by atoms with E-state index in [1.54, 1.807) is 12.1 Å². The highest BCUT2D eigenvalue weighted by Gasteiger charge is 2.10. The molecule has 16 heavy (non-hydrogen) atoms. The van der Waals surface area contributed by atoms with Crippen molar-refractivity contribution in [1.29, 1.82) is 0 Å². The number of carbonyl (C=O) groups excluding carboxylic acids is 1. The van der Waals surface area contributed by atoms with Gasteiger partial charge in [0.2, 0.25) is 0 Å². The van der Waals surface area contributed by atoms with Gasteiger partial charge in [-0.2, -0.15) is 0 Å². The fourth-order valence-electron chi connectivity index (χ4n) is 1.03. The third-order valence-corrected chi connectivity index (χ3v) is 2.42. The first-order valence-electron chi connectivity index (χ1n) is 4.41. The van der Waals surface area contributed by atoms with Gasteiger partial charge in [0.1, 0.15) is 0 Å². The summed E-state index contributed by atoms with van der Waals surface area (Å²) >= 11 is 3.22. The number of halogens is 1. The number of hydroxylamine groups is 1. The van der Waals surface area contributed by atoms with E-state index in [-0.39, 0.29) is 0 Å². The lowest BCUT2D eigenvalue weighted by Crippen LogP contribution is -2.26. The van der Waals surface area contributed by atoms with E-state index < -0.39 is 18.5 Å².